The molecule has 0 radical (unpaired) electrons. The standard InChI is InChI=1S/C22H23FN2O2/c1-14-8-17(10-19(23)9-14)22(27)24-11-18-12-25(15(2)26)21(20(18)13-24)16-6-4-3-5-7-16/h3-10,18,20-21H,11-13H2,1-2H3/t18-,20-,21+/m1/s1. The zero-order valence-corrected chi connectivity index (χ0v) is 15.6. The van der Waals surface area contributed by atoms with E-state index in [0.29, 0.717) is 25.2 Å². The molecule has 2 aliphatic rings. The first kappa shape index (κ1) is 17.7. The molecule has 2 saturated heterocycles. The predicted molar refractivity (Wildman–Crippen MR) is 101 cm³/mol. The lowest BCUT2D eigenvalue weighted by molar-refractivity contribution is -0.130. The van der Waals surface area contributed by atoms with E-state index in [-0.39, 0.29) is 35.5 Å². The highest BCUT2D eigenvalue weighted by atomic mass is 19.1. The largest absolute Gasteiger partial charge is 0.338 e. The molecule has 2 heterocycles. The van der Waals surface area contributed by atoms with E-state index < -0.39 is 0 Å². The summed E-state index contributed by atoms with van der Waals surface area (Å²) in [5.74, 6) is 0.000322. The molecule has 27 heavy (non-hydrogen) atoms. The van der Waals surface area contributed by atoms with Crippen LogP contribution in [-0.2, 0) is 4.79 Å². The highest BCUT2D eigenvalue weighted by Crippen LogP contribution is 2.45. The Morgan fingerprint density at radius 2 is 1.78 bits per heavy atom. The van der Waals surface area contributed by atoms with Crippen LogP contribution in [0, 0.1) is 24.6 Å². The van der Waals surface area contributed by atoms with Crippen LogP contribution >= 0.6 is 0 Å². The molecule has 0 bridgehead atoms. The maximum Gasteiger partial charge on any atom is 0.253 e. The summed E-state index contributed by atoms with van der Waals surface area (Å²) in [4.78, 5) is 28.8. The van der Waals surface area contributed by atoms with E-state index in [1.54, 1.807) is 19.9 Å². The Hall–Kier alpha value is -2.69. The third-order valence-corrected chi connectivity index (χ3v) is 5.79. The van der Waals surface area contributed by atoms with Crippen LogP contribution in [0.4, 0.5) is 4.39 Å². The molecule has 0 N–H and O–H groups in total. The van der Waals surface area contributed by atoms with Gasteiger partial charge in [0.15, 0.2) is 0 Å². The van der Waals surface area contributed by atoms with Gasteiger partial charge in [-0.15, -0.1) is 0 Å². The number of likely N-dealkylation sites (tertiary alicyclic amines) is 2. The van der Waals surface area contributed by atoms with Crippen LogP contribution < -0.4 is 0 Å². The van der Waals surface area contributed by atoms with Gasteiger partial charge in [-0.3, -0.25) is 9.59 Å². The first-order chi connectivity index (χ1) is 12.9. The molecule has 4 nitrogen and oxygen atoms in total. The molecule has 0 unspecified atom stereocenters. The van der Waals surface area contributed by atoms with Gasteiger partial charge in [-0.25, -0.2) is 4.39 Å². The fraction of sp³-hybridized carbons (Fsp3) is 0.364. The van der Waals surface area contributed by atoms with Gasteiger partial charge >= 0.3 is 0 Å². The van der Waals surface area contributed by atoms with E-state index in [2.05, 4.69) is 0 Å². The number of hydrogen-bond acceptors (Lipinski definition) is 2. The topological polar surface area (TPSA) is 40.6 Å². The van der Waals surface area contributed by atoms with Crippen molar-refractivity contribution in [1.82, 2.24) is 9.80 Å². The molecule has 0 aromatic heterocycles. The number of benzene rings is 2. The van der Waals surface area contributed by atoms with Gasteiger partial charge < -0.3 is 9.80 Å². The lowest BCUT2D eigenvalue weighted by atomic mass is 9.89. The Balaban J connectivity index is 1.59. The van der Waals surface area contributed by atoms with Crippen LogP contribution in [0.1, 0.15) is 34.5 Å². The lowest BCUT2D eigenvalue weighted by Crippen LogP contribution is -2.36. The second kappa shape index (κ2) is 6.80. The summed E-state index contributed by atoms with van der Waals surface area (Å²) in [6.07, 6.45) is 0. The molecule has 2 aromatic rings. The third kappa shape index (κ3) is 3.22. The lowest BCUT2D eigenvalue weighted by Gasteiger charge is -2.29. The Morgan fingerprint density at radius 3 is 2.44 bits per heavy atom. The Labute approximate surface area is 158 Å². The highest BCUT2D eigenvalue weighted by molar-refractivity contribution is 5.94. The third-order valence-electron chi connectivity index (χ3n) is 5.79. The first-order valence-electron chi connectivity index (χ1n) is 9.32. The van der Waals surface area contributed by atoms with Crippen molar-refractivity contribution in [2.75, 3.05) is 19.6 Å². The van der Waals surface area contributed by atoms with Gasteiger partial charge in [0.1, 0.15) is 5.82 Å². The van der Waals surface area contributed by atoms with Crippen LogP contribution in [0.15, 0.2) is 48.5 Å². The van der Waals surface area contributed by atoms with Crippen LogP contribution in [-0.4, -0.2) is 41.2 Å². The van der Waals surface area contributed by atoms with Gasteiger partial charge in [0, 0.05) is 44.0 Å². The summed E-state index contributed by atoms with van der Waals surface area (Å²) in [7, 11) is 0. The summed E-state index contributed by atoms with van der Waals surface area (Å²) in [6.45, 7) is 5.24. The number of amides is 2. The quantitative estimate of drug-likeness (QED) is 0.817. The van der Waals surface area contributed by atoms with Crippen molar-refractivity contribution in [3.63, 3.8) is 0 Å². The molecule has 140 valence electrons. The van der Waals surface area contributed by atoms with Crippen LogP contribution in [0.5, 0.6) is 0 Å². The Morgan fingerprint density at radius 1 is 1.04 bits per heavy atom. The molecule has 2 aromatic carbocycles. The molecular weight excluding hydrogens is 343 g/mol. The molecule has 3 atom stereocenters. The number of halogens is 1. The van der Waals surface area contributed by atoms with Gasteiger partial charge in [-0.2, -0.15) is 0 Å². The number of aryl methyl sites for hydroxylation is 1. The SMILES string of the molecule is CC(=O)N1C[C@H]2CN(C(=O)c3cc(C)cc(F)c3)C[C@H]2[C@@H]1c1ccccc1. The first-order valence-corrected chi connectivity index (χ1v) is 9.32. The number of nitrogens with zero attached hydrogens (tertiary/aromatic N) is 2. The van der Waals surface area contributed by atoms with Gasteiger partial charge in [0.25, 0.3) is 5.91 Å². The molecule has 2 aliphatic heterocycles. The Bertz CT molecular complexity index is 863. The molecule has 0 aliphatic carbocycles. The smallest absolute Gasteiger partial charge is 0.253 e. The van der Waals surface area contributed by atoms with Crippen LogP contribution in [0.2, 0.25) is 0 Å². The van der Waals surface area contributed by atoms with Crippen molar-refractivity contribution in [3.8, 4) is 0 Å². The minimum absolute atomic E-state index is 0.0132. The monoisotopic (exact) mass is 366 g/mol. The zero-order chi connectivity index (χ0) is 19.1. The molecule has 0 spiro atoms. The normalized spacial score (nSPS) is 24.2. The van der Waals surface area contributed by atoms with Crippen molar-refractivity contribution >= 4 is 11.8 Å². The van der Waals surface area contributed by atoms with E-state index in [1.807, 2.05) is 40.1 Å². The van der Waals surface area contributed by atoms with Gasteiger partial charge in [-0.1, -0.05) is 30.3 Å². The average molecular weight is 366 g/mol. The van der Waals surface area contributed by atoms with Crippen molar-refractivity contribution in [2.24, 2.45) is 11.8 Å². The van der Waals surface area contributed by atoms with Gasteiger partial charge in [-0.05, 0) is 36.2 Å². The van der Waals surface area contributed by atoms with Gasteiger partial charge in [0.2, 0.25) is 5.91 Å². The molecule has 4 rings (SSSR count). The summed E-state index contributed by atoms with van der Waals surface area (Å²) in [6, 6.07) is 14.5. The fourth-order valence-corrected chi connectivity index (χ4v) is 4.65. The summed E-state index contributed by atoms with van der Waals surface area (Å²) < 4.78 is 13.7. The van der Waals surface area contributed by atoms with E-state index in [1.165, 1.54) is 12.1 Å². The average Bonchev–Trinajstić information content (AvgIpc) is 3.18. The van der Waals surface area contributed by atoms with Crippen LogP contribution in [0.3, 0.4) is 0 Å². The summed E-state index contributed by atoms with van der Waals surface area (Å²) in [5, 5.41) is 0. The van der Waals surface area contributed by atoms with E-state index >= 15 is 0 Å². The number of rotatable bonds is 2. The molecule has 5 heteroatoms. The minimum Gasteiger partial charge on any atom is -0.338 e. The summed E-state index contributed by atoms with van der Waals surface area (Å²) >= 11 is 0. The van der Waals surface area contributed by atoms with E-state index in [4.69, 9.17) is 0 Å². The van der Waals surface area contributed by atoms with Gasteiger partial charge in [0.05, 0.1) is 6.04 Å². The van der Waals surface area contributed by atoms with E-state index in [9.17, 15) is 14.0 Å². The van der Waals surface area contributed by atoms with Crippen molar-refractivity contribution in [3.05, 3.63) is 71.0 Å². The van der Waals surface area contributed by atoms with Crippen molar-refractivity contribution in [1.29, 1.82) is 0 Å². The second-order valence-electron chi connectivity index (χ2n) is 7.68. The molecule has 2 amide bonds. The van der Waals surface area contributed by atoms with Crippen LogP contribution in [0.25, 0.3) is 0 Å². The summed E-state index contributed by atoms with van der Waals surface area (Å²) in [5.41, 5.74) is 2.24. The van der Waals surface area contributed by atoms with E-state index in [0.717, 1.165) is 11.1 Å². The highest BCUT2D eigenvalue weighted by Gasteiger charge is 2.49. The fourth-order valence-electron chi connectivity index (χ4n) is 4.65. The number of hydrogen-bond donors (Lipinski definition) is 0. The maximum atomic E-state index is 13.7. The zero-order valence-electron chi connectivity index (χ0n) is 15.6. The minimum atomic E-state index is -0.386. The number of carbonyl (C=O) groups excluding carboxylic acids is 2. The maximum absolute atomic E-state index is 13.7. The molecule has 2 fully saturated rings. The molecular formula is C22H23FN2O2. The Kier molecular flexibility index (Phi) is 4.46. The predicted octanol–water partition coefficient (Wildman–Crippen LogP) is 3.43. The number of carbonyl (C=O) groups is 2. The van der Waals surface area contributed by atoms with Crippen molar-refractivity contribution in [2.45, 2.75) is 19.9 Å². The number of fused-ring (bicyclic) bond motifs is 1. The van der Waals surface area contributed by atoms with Crippen molar-refractivity contribution < 1.29 is 14.0 Å². The second-order valence-corrected chi connectivity index (χ2v) is 7.68. The molecule has 0 saturated carbocycles.